The molecule has 0 N–H and O–H groups in total. The molecule has 0 aliphatic heterocycles. The maximum Gasteiger partial charge on any atom is 0.211 e. The number of hydrogen-bond acceptors (Lipinski definition) is 3. The third-order valence-corrected chi connectivity index (χ3v) is 5.29. The summed E-state index contributed by atoms with van der Waals surface area (Å²) in [6, 6.07) is 5.65. The van der Waals surface area contributed by atoms with Gasteiger partial charge in [0.1, 0.15) is 5.69 Å². The smallest absolute Gasteiger partial charge is 0.211 e. The minimum Gasteiger partial charge on any atom is -0.287 e. The van der Waals surface area contributed by atoms with Gasteiger partial charge in [-0.2, -0.15) is 10.4 Å². The van der Waals surface area contributed by atoms with Crippen LogP contribution < -0.4 is 0 Å². The fourth-order valence-electron chi connectivity index (χ4n) is 3.15. The number of carbonyl (C=O) groups is 1. The number of fused-ring (bicyclic) bond motifs is 1. The summed E-state index contributed by atoms with van der Waals surface area (Å²) in [5.41, 5.74) is 4.78. The quantitative estimate of drug-likeness (QED) is 0.767. The summed E-state index contributed by atoms with van der Waals surface area (Å²) in [6.45, 7) is 4.54. The van der Waals surface area contributed by atoms with Crippen LogP contribution in [0.3, 0.4) is 0 Å². The third kappa shape index (κ3) is 2.72. The Labute approximate surface area is 144 Å². The van der Waals surface area contributed by atoms with Gasteiger partial charge in [-0.05, 0) is 57.2 Å². The van der Waals surface area contributed by atoms with Gasteiger partial charge in [0.2, 0.25) is 5.78 Å². The second-order valence-corrected chi connectivity index (χ2v) is 6.72. The highest BCUT2D eigenvalue weighted by Crippen LogP contribution is 2.28. The van der Waals surface area contributed by atoms with E-state index in [1.54, 1.807) is 12.1 Å². The van der Waals surface area contributed by atoms with E-state index in [2.05, 4.69) is 27.1 Å². The molecule has 1 aliphatic rings. The Morgan fingerprint density at radius 1 is 1.39 bits per heavy atom. The van der Waals surface area contributed by atoms with E-state index in [-0.39, 0.29) is 5.78 Å². The van der Waals surface area contributed by atoms with Crippen molar-refractivity contribution >= 4 is 21.7 Å². The van der Waals surface area contributed by atoms with Crippen LogP contribution in [0.15, 0.2) is 16.6 Å². The van der Waals surface area contributed by atoms with Gasteiger partial charge in [-0.25, -0.2) is 0 Å². The van der Waals surface area contributed by atoms with Crippen molar-refractivity contribution in [2.75, 3.05) is 0 Å². The Hall–Kier alpha value is -1.93. The fourth-order valence-corrected chi connectivity index (χ4v) is 3.61. The van der Waals surface area contributed by atoms with Gasteiger partial charge in [0, 0.05) is 22.1 Å². The van der Waals surface area contributed by atoms with Crippen molar-refractivity contribution in [2.24, 2.45) is 0 Å². The molecule has 0 fully saturated rings. The first-order valence-electron chi connectivity index (χ1n) is 7.90. The zero-order valence-corrected chi connectivity index (χ0v) is 14.9. The fraction of sp³-hybridized carbons (Fsp3) is 0.389. The first-order valence-corrected chi connectivity index (χ1v) is 8.69. The Kier molecular flexibility index (Phi) is 4.36. The number of rotatable bonds is 3. The SMILES string of the molecule is CCn1nc2c(c1C(=O)c1cc(Br)c(C)c(C#N)c1)CCCC2. The predicted molar refractivity (Wildman–Crippen MR) is 91.6 cm³/mol. The normalized spacial score (nSPS) is 13.5. The third-order valence-electron chi connectivity index (χ3n) is 4.47. The van der Waals surface area contributed by atoms with Crippen LogP contribution in [0.4, 0.5) is 0 Å². The van der Waals surface area contributed by atoms with Crippen LogP contribution in [0.5, 0.6) is 0 Å². The van der Waals surface area contributed by atoms with Crippen molar-refractivity contribution in [2.45, 2.75) is 46.1 Å². The minimum atomic E-state index is -0.0419. The molecular formula is C18H18BrN3O. The molecule has 2 aromatic rings. The molecule has 0 saturated heterocycles. The number of halogens is 1. The van der Waals surface area contributed by atoms with Crippen LogP contribution in [0.25, 0.3) is 0 Å². The summed E-state index contributed by atoms with van der Waals surface area (Å²) >= 11 is 3.45. The molecule has 0 spiro atoms. The Morgan fingerprint density at radius 2 is 2.13 bits per heavy atom. The molecule has 0 amide bonds. The Balaban J connectivity index is 2.13. The number of benzene rings is 1. The molecule has 5 heteroatoms. The molecular weight excluding hydrogens is 354 g/mol. The summed E-state index contributed by atoms with van der Waals surface area (Å²) < 4.78 is 2.61. The summed E-state index contributed by atoms with van der Waals surface area (Å²) in [5, 5.41) is 13.9. The van der Waals surface area contributed by atoms with Crippen molar-refractivity contribution < 1.29 is 4.79 Å². The molecule has 3 rings (SSSR count). The molecule has 4 nitrogen and oxygen atoms in total. The second-order valence-electron chi connectivity index (χ2n) is 5.87. The topological polar surface area (TPSA) is 58.7 Å². The van der Waals surface area contributed by atoms with Crippen LogP contribution >= 0.6 is 15.9 Å². The van der Waals surface area contributed by atoms with Gasteiger partial charge in [-0.1, -0.05) is 15.9 Å². The van der Waals surface area contributed by atoms with E-state index in [0.717, 1.165) is 47.0 Å². The summed E-state index contributed by atoms with van der Waals surface area (Å²) in [6.07, 6.45) is 4.10. The molecule has 0 atom stereocenters. The first-order chi connectivity index (χ1) is 11.1. The van der Waals surface area contributed by atoms with Crippen molar-refractivity contribution in [3.63, 3.8) is 0 Å². The van der Waals surface area contributed by atoms with Gasteiger partial charge < -0.3 is 0 Å². The molecule has 23 heavy (non-hydrogen) atoms. The van der Waals surface area contributed by atoms with Crippen LogP contribution in [0.2, 0.25) is 0 Å². The van der Waals surface area contributed by atoms with Crippen molar-refractivity contribution in [1.82, 2.24) is 9.78 Å². The van der Waals surface area contributed by atoms with Crippen LogP contribution in [0, 0.1) is 18.3 Å². The monoisotopic (exact) mass is 371 g/mol. The number of nitriles is 1. The molecule has 1 aromatic carbocycles. The number of aromatic nitrogens is 2. The van der Waals surface area contributed by atoms with Crippen LogP contribution in [0.1, 0.15) is 58.2 Å². The average Bonchev–Trinajstić information content (AvgIpc) is 2.95. The largest absolute Gasteiger partial charge is 0.287 e. The van der Waals surface area contributed by atoms with Gasteiger partial charge in [-0.3, -0.25) is 9.48 Å². The van der Waals surface area contributed by atoms with Gasteiger partial charge in [0.15, 0.2) is 0 Å². The van der Waals surface area contributed by atoms with E-state index in [0.29, 0.717) is 23.4 Å². The highest BCUT2D eigenvalue weighted by molar-refractivity contribution is 9.10. The number of aryl methyl sites for hydroxylation is 2. The Bertz CT molecular complexity index is 830. The molecule has 0 saturated carbocycles. The van der Waals surface area contributed by atoms with E-state index >= 15 is 0 Å². The predicted octanol–water partition coefficient (Wildman–Crippen LogP) is 3.96. The number of nitrogens with zero attached hydrogens (tertiary/aromatic N) is 3. The highest BCUT2D eigenvalue weighted by Gasteiger charge is 2.26. The van der Waals surface area contributed by atoms with Crippen molar-refractivity contribution in [3.8, 4) is 6.07 Å². The zero-order chi connectivity index (χ0) is 16.6. The van der Waals surface area contributed by atoms with Gasteiger partial charge in [-0.15, -0.1) is 0 Å². The standard InChI is InChI=1S/C18H18BrN3O/c1-3-22-17(14-6-4-5-7-16(14)21-22)18(23)12-8-13(10-20)11(2)15(19)9-12/h8-9H,3-7H2,1-2H3. The van der Waals surface area contributed by atoms with Crippen LogP contribution in [-0.4, -0.2) is 15.6 Å². The number of hydrogen-bond donors (Lipinski definition) is 0. The van der Waals surface area contributed by atoms with Gasteiger partial charge >= 0.3 is 0 Å². The minimum absolute atomic E-state index is 0.0419. The van der Waals surface area contributed by atoms with E-state index in [9.17, 15) is 10.1 Å². The molecule has 0 radical (unpaired) electrons. The average molecular weight is 372 g/mol. The summed E-state index contributed by atoms with van der Waals surface area (Å²) in [7, 11) is 0. The lowest BCUT2D eigenvalue weighted by molar-refractivity contribution is 0.102. The van der Waals surface area contributed by atoms with Gasteiger partial charge in [0.25, 0.3) is 0 Å². The first kappa shape index (κ1) is 15.9. The second kappa shape index (κ2) is 6.29. The van der Waals surface area contributed by atoms with Crippen molar-refractivity contribution in [3.05, 3.63) is 50.2 Å². The van der Waals surface area contributed by atoms with E-state index in [1.807, 2.05) is 18.5 Å². The highest BCUT2D eigenvalue weighted by atomic mass is 79.9. The lowest BCUT2D eigenvalue weighted by atomic mass is 9.92. The molecule has 0 unspecified atom stereocenters. The lowest BCUT2D eigenvalue weighted by Gasteiger charge is -2.12. The van der Waals surface area contributed by atoms with E-state index in [4.69, 9.17) is 0 Å². The number of carbonyl (C=O) groups excluding carboxylic acids is 1. The van der Waals surface area contributed by atoms with E-state index < -0.39 is 0 Å². The maximum atomic E-state index is 13.1. The number of ketones is 1. The zero-order valence-electron chi connectivity index (χ0n) is 13.3. The molecule has 0 bridgehead atoms. The maximum absolute atomic E-state index is 13.1. The molecule has 1 heterocycles. The van der Waals surface area contributed by atoms with E-state index in [1.165, 1.54) is 0 Å². The van der Waals surface area contributed by atoms with Crippen molar-refractivity contribution in [1.29, 1.82) is 5.26 Å². The Morgan fingerprint density at radius 3 is 2.83 bits per heavy atom. The lowest BCUT2D eigenvalue weighted by Crippen LogP contribution is -2.13. The molecule has 1 aliphatic carbocycles. The summed E-state index contributed by atoms with van der Waals surface area (Å²) in [5.74, 6) is -0.0419. The summed E-state index contributed by atoms with van der Waals surface area (Å²) in [4.78, 5) is 13.1. The molecule has 118 valence electrons. The van der Waals surface area contributed by atoms with Crippen LogP contribution in [-0.2, 0) is 19.4 Å². The van der Waals surface area contributed by atoms with Gasteiger partial charge in [0.05, 0.1) is 17.3 Å². The molecule has 1 aromatic heterocycles.